The van der Waals surface area contributed by atoms with Gasteiger partial charge in [0, 0.05) is 19.7 Å². The van der Waals surface area contributed by atoms with Crippen molar-refractivity contribution in [1.29, 1.82) is 0 Å². The predicted octanol–water partition coefficient (Wildman–Crippen LogP) is 2.62. The molecule has 1 aromatic carbocycles. The quantitative estimate of drug-likeness (QED) is 0.794. The van der Waals surface area contributed by atoms with Crippen LogP contribution in [0.1, 0.15) is 26.7 Å². The van der Waals surface area contributed by atoms with E-state index >= 15 is 0 Å². The molecule has 1 saturated heterocycles. The summed E-state index contributed by atoms with van der Waals surface area (Å²) in [5.74, 6) is 1.75. The monoisotopic (exact) mass is 279 g/mol. The average molecular weight is 279 g/mol. The smallest absolute Gasteiger partial charge is 0.120 e. The van der Waals surface area contributed by atoms with E-state index in [1.165, 1.54) is 12.8 Å². The molecule has 1 aliphatic rings. The van der Waals surface area contributed by atoms with Crippen LogP contribution in [0.4, 0.5) is 0 Å². The predicted molar refractivity (Wildman–Crippen MR) is 79.5 cm³/mol. The fourth-order valence-electron chi connectivity index (χ4n) is 2.31. The first-order chi connectivity index (χ1) is 9.78. The van der Waals surface area contributed by atoms with Gasteiger partial charge >= 0.3 is 0 Å². The van der Waals surface area contributed by atoms with Crippen LogP contribution in [0.3, 0.4) is 0 Å². The van der Waals surface area contributed by atoms with Gasteiger partial charge in [-0.05, 0) is 51.0 Å². The van der Waals surface area contributed by atoms with Crippen LogP contribution in [0.5, 0.6) is 11.5 Å². The lowest BCUT2D eigenvalue weighted by Crippen LogP contribution is -2.34. The van der Waals surface area contributed by atoms with Gasteiger partial charge in [-0.2, -0.15) is 0 Å². The van der Waals surface area contributed by atoms with Crippen molar-refractivity contribution < 1.29 is 14.2 Å². The molecular weight excluding hydrogens is 254 g/mol. The second kappa shape index (κ2) is 8.12. The molecule has 0 bridgehead atoms. The van der Waals surface area contributed by atoms with Crippen molar-refractivity contribution in [3.05, 3.63) is 24.3 Å². The Morgan fingerprint density at radius 1 is 1.30 bits per heavy atom. The van der Waals surface area contributed by atoms with Crippen molar-refractivity contribution in [2.45, 2.75) is 38.9 Å². The number of rotatable bonds is 8. The van der Waals surface area contributed by atoms with Crippen molar-refractivity contribution in [2.24, 2.45) is 0 Å². The summed E-state index contributed by atoms with van der Waals surface area (Å²) in [5.41, 5.74) is 0. The minimum Gasteiger partial charge on any atom is -0.494 e. The normalized spacial score (nSPS) is 19.8. The fraction of sp³-hybridized carbons (Fsp3) is 0.625. The van der Waals surface area contributed by atoms with Crippen LogP contribution in [0.2, 0.25) is 0 Å². The van der Waals surface area contributed by atoms with Gasteiger partial charge in [0.15, 0.2) is 0 Å². The first kappa shape index (κ1) is 15.1. The topological polar surface area (TPSA) is 39.7 Å². The van der Waals surface area contributed by atoms with Gasteiger partial charge in [0.1, 0.15) is 17.6 Å². The number of hydrogen-bond donors (Lipinski definition) is 1. The third kappa shape index (κ3) is 5.02. The number of hydrogen-bond acceptors (Lipinski definition) is 4. The molecule has 2 atom stereocenters. The van der Waals surface area contributed by atoms with Crippen molar-refractivity contribution in [3.63, 3.8) is 0 Å². The molecule has 1 N–H and O–H groups in total. The van der Waals surface area contributed by atoms with Gasteiger partial charge < -0.3 is 19.5 Å². The lowest BCUT2D eigenvalue weighted by Gasteiger charge is -2.17. The van der Waals surface area contributed by atoms with Gasteiger partial charge in [0.25, 0.3) is 0 Å². The Morgan fingerprint density at radius 3 is 2.70 bits per heavy atom. The fourth-order valence-corrected chi connectivity index (χ4v) is 2.31. The standard InChI is InChI=1S/C16H25NO3/c1-3-18-14-6-8-15(9-7-14)20-13(2)11-17-12-16-5-4-10-19-16/h6-9,13,16-17H,3-5,10-12H2,1-2H3. The summed E-state index contributed by atoms with van der Waals surface area (Å²) in [6.07, 6.45) is 2.87. The van der Waals surface area contributed by atoms with Crippen LogP contribution in [0.25, 0.3) is 0 Å². The second-order valence-electron chi connectivity index (χ2n) is 5.13. The molecule has 1 aromatic rings. The molecule has 0 radical (unpaired) electrons. The van der Waals surface area contributed by atoms with Crippen LogP contribution in [0, 0.1) is 0 Å². The van der Waals surface area contributed by atoms with E-state index in [4.69, 9.17) is 14.2 Å². The SMILES string of the molecule is CCOc1ccc(OC(C)CNCC2CCCO2)cc1. The Kier molecular flexibility index (Phi) is 6.15. The van der Waals surface area contributed by atoms with Crippen molar-refractivity contribution >= 4 is 0 Å². The van der Waals surface area contributed by atoms with Crippen molar-refractivity contribution in [3.8, 4) is 11.5 Å². The molecule has 1 aliphatic heterocycles. The number of ether oxygens (including phenoxy) is 3. The average Bonchev–Trinajstić information content (AvgIpc) is 2.94. The first-order valence-electron chi connectivity index (χ1n) is 7.49. The van der Waals surface area contributed by atoms with Crippen LogP contribution >= 0.6 is 0 Å². The second-order valence-corrected chi connectivity index (χ2v) is 5.13. The highest BCUT2D eigenvalue weighted by Gasteiger charge is 2.15. The summed E-state index contributed by atoms with van der Waals surface area (Å²) in [4.78, 5) is 0. The highest BCUT2D eigenvalue weighted by Crippen LogP contribution is 2.18. The van der Waals surface area contributed by atoms with Crippen LogP contribution in [-0.4, -0.2) is 38.5 Å². The molecular formula is C16H25NO3. The molecule has 112 valence electrons. The van der Waals surface area contributed by atoms with E-state index in [9.17, 15) is 0 Å². The summed E-state index contributed by atoms with van der Waals surface area (Å²) in [6.45, 7) is 7.38. The van der Waals surface area contributed by atoms with Crippen LogP contribution in [0.15, 0.2) is 24.3 Å². The van der Waals surface area contributed by atoms with E-state index in [1.54, 1.807) is 0 Å². The van der Waals surface area contributed by atoms with Gasteiger partial charge in [-0.1, -0.05) is 0 Å². The minimum absolute atomic E-state index is 0.134. The van der Waals surface area contributed by atoms with E-state index in [0.717, 1.165) is 31.2 Å². The maximum atomic E-state index is 5.85. The molecule has 0 spiro atoms. The molecule has 2 unspecified atom stereocenters. The van der Waals surface area contributed by atoms with Crippen molar-refractivity contribution in [2.75, 3.05) is 26.3 Å². The van der Waals surface area contributed by atoms with Gasteiger partial charge in [0.2, 0.25) is 0 Å². The van der Waals surface area contributed by atoms with Crippen LogP contribution < -0.4 is 14.8 Å². The van der Waals surface area contributed by atoms with E-state index in [2.05, 4.69) is 12.2 Å². The number of benzene rings is 1. The maximum absolute atomic E-state index is 5.85. The highest BCUT2D eigenvalue weighted by molar-refractivity contribution is 5.31. The van der Waals surface area contributed by atoms with E-state index < -0.39 is 0 Å². The molecule has 0 amide bonds. The summed E-state index contributed by atoms with van der Waals surface area (Å²) in [6, 6.07) is 7.76. The molecule has 2 rings (SSSR count). The first-order valence-corrected chi connectivity index (χ1v) is 7.49. The summed E-state index contributed by atoms with van der Waals surface area (Å²) < 4.78 is 16.8. The number of nitrogens with one attached hydrogen (secondary N) is 1. The van der Waals surface area contributed by atoms with Gasteiger partial charge in [-0.25, -0.2) is 0 Å². The minimum atomic E-state index is 0.134. The Labute approximate surface area is 121 Å². The molecule has 0 aromatic heterocycles. The summed E-state index contributed by atoms with van der Waals surface area (Å²) in [5, 5.41) is 3.40. The van der Waals surface area contributed by atoms with E-state index in [-0.39, 0.29) is 6.10 Å². The molecule has 4 nitrogen and oxygen atoms in total. The van der Waals surface area contributed by atoms with E-state index in [0.29, 0.717) is 12.7 Å². The maximum Gasteiger partial charge on any atom is 0.120 e. The Balaban J connectivity index is 1.66. The zero-order valence-electron chi connectivity index (χ0n) is 12.4. The lowest BCUT2D eigenvalue weighted by molar-refractivity contribution is 0.106. The van der Waals surface area contributed by atoms with E-state index in [1.807, 2.05) is 31.2 Å². The van der Waals surface area contributed by atoms with Gasteiger partial charge in [-0.3, -0.25) is 0 Å². The van der Waals surface area contributed by atoms with Crippen LogP contribution in [-0.2, 0) is 4.74 Å². The highest BCUT2D eigenvalue weighted by atomic mass is 16.5. The summed E-state index contributed by atoms with van der Waals surface area (Å²) >= 11 is 0. The molecule has 0 saturated carbocycles. The molecule has 0 aliphatic carbocycles. The Morgan fingerprint density at radius 2 is 2.05 bits per heavy atom. The van der Waals surface area contributed by atoms with Gasteiger partial charge in [-0.15, -0.1) is 0 Å². The molecule has 1 heterocycles. The largest absolute Gasteiger partial charge is 0.494 e. The Hall–Kier alpha value is -1.26. The Bertz CT molecular complexity index is 374. The third-order valence-electron chi connectivity index (χ3n) is 3.30. The lowest BCUT2D eigenvalue weighted by atomic mass is 10.2. The third-order valence-corrected chi connectivity index (χ3v) is 3.30. The van der Waals surface area contributed by atoms with Gasteiger partial charge in [0.05, 0.1) is 12.7 Å². The van der Waals surface area contributed by atoms with Crippen molar-refractivity contribution in [1.82, 2.24) is 5.32 Å². The molecule has 20 heavy (non-hydrogen) atoms. The zero-order chi connectivity index (χ0) is 14.2. The zero-order valence-corrected chi connectivity index (χ0v) is 12.4. The molecule has 4 heteroatoms. The molecule has 1 fully saturated rings. The summed E-state index contributed by atoms with van der Waals surface area (Å²) in [7, 11) is 0.